The Bertz CT molecular complexity index is 1340. The minimum atomic E-state index is -0.406. The third-order valence-electron chi connectivity index (χ3n) is 6.79. The fourth-order valence-corrected chi connectivity index (χ4v) is 4.30. The molecule has 0 aromatic heterocycles. The highest BCUT2D eigenvalue weighted by atomic mass is 16.6. The van der Waals surface area contributed by atoms with Crippen LogP contribution in [-0.2, 0) is 23.8 Å². The number of carbonyl (C=O) groups is 2. The molecule has 0 saturated carbocycles. The molecule has 0 aliphatic heterocycles. The standard InChI is InChI=1S/C32H34O7/c1-21(23-5-7-27-19-29(35-3)11-9-25(27)17-23)31(33)38-15-13-37-14-16-39-32(34)22(2)24-6-8-28-20-30(36-4)12-10-26(28)18-24/h5-12,17-22H,13-16H2,1-4H3. The van der Waals surface area contributed by atoms with Crippen molar-refractivity contribution in [3.63, 3.8) is 0 Å². The number of benzene rings is 4. The summed E-state index contributed by atoms with van der Waals surface area (Å²) in [7, 11) is 3.27. The number of ether oxygens (including phenoxy) is 5. The topological polar surface area (TPSA) is 80.3 Å². The van der Waals surface area contributed by atoms with Crippen LogP contribution in [0.3, 0.4) is 0 Å². The van der Waals surface area contributed by atoms with Gasteiger partial charge in [0.1, 0.15) is 24.7 Å². The van der Waals surface area contributed by atoms with Crippen LogP contribution in [0.1, 0.15) is 36.8 Å². The molecule has 204 valence electrons. The first-order valence-electron chi connectivity index (χ1n) is 13.0. The lowest BCUT2D eigenvalue weighted by molar-refractivity contribution is -0.148. The molecule has 0 aliphatic carbocycles. The van der Waals surface area contributed by atoms with Crippen LogP contribution in [0.4, 0.5) is 0 Å². The predicted molar refractivity (Wildman–Crippen MR) is 151 cm³/mol. The molecule has 4 aromatic carbocycles. The molecule has 0 spiro atoms. The van der Waals surface area contributed by atoms with Gasteiger partial charge in [0, 0.05) is 0 Å². The van der Waals surface area contributed by atoms with Gasteiger partial charge in [-0.3, -0.25) is 9.59 Å². The van der Waals surface area contributed by atoms with Gasteiger partial charge in [-0.1, -0.05) is 48.5 Å². The summed E-state index contributed by atoms with van der Waals surface area (Å²) in [6.07, 6.45) is 0. The Morgan fingerprint density at radius 1 is 0.564 bits per heavy atom. The monoisotopic (exact) mass is 530 g/mol. The van der Waals surface area contributed by atoms with E-state index in [1.54, 1.807) is 14.2 Å². The molecule has 0 radical (unpaired) electrons. The molecule has 0 bridgehead atoms. The Kier molecular flexibility index (Phi) is 9.39. The fourth-order valence-electron chi connectivity index (χ4n) is 4.30. The summed E-state index contributed by atoms with van der Waals surface area (Å²) < 4.78 is 26.8. The molecule has 0 fully saturated rings. The third-order valence-corrected chi connectivity index (χ3v) is 6.79. The van der Waals surface area contributed by atoms with E-state index >= 15 is 0 Å². The van der Waals surface area contributed by atoms with E-state index < -0.39 is 11.8 Å². The molecule has 0 saturated heterocycles. The van der Waals surface area contributed by atoms with E-state index in [1.165, 1.54) is 0 Å². The Hall–Kier alpha value is -4.10. The number of hydrogen-bond donors (Lipinski definition) is 0. The Morgan fingerprint density at radius 2 is 0.949 bits per heavy atom. The average molecular weight is 531 g/mol. The van der Waals surface area contributed by atoms with Gasteiger partial charge in [-0.25, -0.2) is 0 Å². The zero-order valence-electron chi connectivity index (χ0n) is 22.8. The highest BCUT2D eigenvalue weighted by Gasteiger charge is 2.18. The number of hydrogen-bond acceptors (Lipinski definition) is 7. The smallest absolute Gasteiger partial charge is 0.313 e. The number of rotatable bonds is 12. The minimum Gasteiger partial charge on any atom is -0.497 e. The van der Waals surface area contributed by atoms with Gasteiger partial charge in [0.25, 0.3) is 0 Å². The molecule has 0 N–H and O–H groups in total. The zero-order chi connectivity index (χ0) is 27.8. The molecule has 4 rings (SSSR count). The molecule has 2 atom stereocenters. The van der Waals surface area contributed by atoms with Crippen LogP contribution < -0.4 is 9.47 Å². The van der Waals surface area contributed by atoms with E-state index in [-0.39, 0.29) is 38.4 Å². The van der Waals surface area contributed by atoms with E-state index in [0.29, 0.717) is 0 Å². The number of methoxy groups -OCH3 is 2. The summed E-state index contributed by atoms with van der Waals surface area (Å²) in [5.41, 5.74) is 1.76. The molecular weight excluding hydrogens is 496 g/mol. The largest absolute Gasteiger partial charge is 0.497 e. The van der Waals surface area contributed by atoms with Crippen LogP contribution in [0.5, 0.6) is 11.5 Å². The second-order valence-corrected chi connectivity index (χ2v) is 9.34. The van der Waals surface area contributed by atoms with Crippen molar-refractivity contribution < 1.29 is 33.3 Å². The molecule has 0 amide bonds. The molecule has 0 aliphatic rings. The average Bonchev–Trinajstić information content (AvgIpc) is 2.98. The lowest BCUT2D eigenvalue weighted by Gasteiger charge is -2.14. The first-order chi connectivity index (χ1) is 18.9. The van der Waals surface area contributed by atoms with Crippen molar-refractivity contribution in [1.82, 2.24) is 0 Å². The third kappa shape index (κ3) is 7.06. The van der Waals surface area contributed by atoms with Gasteiger partial charge in [0.05, 0.1) is 39.3 Å². The molecule has 7 nitrogen and oxygen atoms in total. The summed E-state index contributed by atoms with van der Waals surface area (Å²) in [6.45, 7) is 4.33. The van der Waals surface area contributed by atoms with Crippen molar-refractivity contribution in [1.29, 1.82) is 0 Å². The zero-order valence-corrected chi connectivity index (χ0v) is 22.8. The van der Waals surface area contributed by atoms with E-state index in [9.17, 15) is 9.59 Å². The summed E-state index contributed by atoms with van der Waals surface area (Å²) in [6, 6.07) is 23.4. The highest BCUT2D eigenvalue weighted by molar-refractivity contribution is 5.88. The van der Waals surface area contributed by atoms with E-state index in [0.717, 1.165) is 44.2 Å². The van der Waals surface area contributed by atoms with Crippen LogP contribution in [-0.4, -0.2) is 52.6 Å². The summed E-state index contributed by atoms with van der Waals surface area (Å²) in [5, 5.41) is 4.14. The first kappa shape index (κ1) is 27.9. The van der Waals surface area contributed by atoms with Gasteiger partial charge in [-0.05, 0) is 70.8 Å². The first-order valence-corrected chi connectivity index (χ1v) is 13.0. The van der Waals surface area contributed by atoms with Crippen LogP contribution in [0, 0.1) is 0 Å². The minimum absolute atomic E-state index is 0.125. The van der Waals surface area contributed by atoms with Crippen LogP contribution >= 0.6 is 0 Å². The maximum absolute atomic E-state index is 12.5. The summed E-state index contributed by atoms with van der Waals surface area (Å²) in [4.78, 5) is 25.0. The van der Waals surface area contributed by atoms with Gasteiger partial charge >= 0.3 is 11.9 Å². The molecule has 39 heavy (non-hydrogen) atoms. The number of esters is 2. The molecule has 4 aromatic rings. The van der Waals surface area contributed by atoms with Gasteiger partial charge in [-0.2, -0.15) is 0 Å². The maximum atomic E-state index is 12.5. The van der Waals surface area contributed by atoms with Crippen LogP contribution in [0.15, 0.2) is 72.8 Å². The summed E-state index contributed by atoms with van der Waals surface area (Å²) >= 11 is 0. The summed E-state index contributed by atoms with van der Waals surface area (Å²) in [5.74, 6) is 0.130. The van der Waals surface area contributed by atoms with Crippen molar-refractivity contribution in [3.8, 4) is 11.5 Å². The van der Waals surface area contributed by atoms with Crippen molar-refractivity contribution in [2.75, 3.05) is 40.6 Å². The Labute approximate surface area is 228 Å². The molecular formula is C32H34O7. The molecule has 7 heteroatoms. The number of fused-ring (bicyclic) bond motifs is 2. The van der Waals surface area contributed by atoms with Gasteiger partial charge in [0.15, 0.2) is 0 Å². The van der Waals surface area contributed by atoms with Crippen LogP contribution in [0.2, 0.25) is 0 Å². The van der Waals surface area contributed by atoms with E-state index in [1.807, 2.05) is 86.6 Å². The van der Waals surface area contributed by atoms with Crippen molar-refractivity contribution >= 4 is 33.5 Å². The lowest BCUT2D eigenvalue weighted by atomic mass is 9.98. The van der Waals surface area contributed by atoms with E-state index in [2.05, 4.69) is 0 Å². The number of carbonyl (C=O) groups excluding carboxylic acids is 2. The predicted octanol–water partition coefficient (Wildman–Crippen LogP) is 6.02. The Morgan fingerprint density at radius 3 is 1.36 bits per heavy atom. The molecule has 0 heterocycles. The van der Waals surface area contributed by atoms with E-state index in [4.69, 9.17) is 23.7 Å². The molecule has 2 unspecified atom stereocenters. The lowest BCUT2D eigenvalue weighted by Crippen LogP contribution is -2.19. The highest BCUT2D eigenvalue weighted by Crippen LogP contribution is 2.27. The van der Waals surface area contributed by atoms with Crippen LogP contribution in [0.25, 0.3) is 21.5 Å². The SMILES string of the molecule is COc1ccc2cc(C(C)C(=O)OCCOCCOC(=O)C(C)c3ccc4cc(OC)ccc4c3)ccc2c1. The van der Waals surface area contributed by atoms with Gasteiger partial charge in [-0.15, -0.1) is 0 Å². The van der Waals surface area contributed by atoms with Gasteiger partial charge < -0.3 is 23.7 Å². The Balaban J connectivity index is 1.15. The fraction of sp³-hybridized carbons (Fsp3) is 0.312. The normalized spacial score (nSPS) is 12.6. The quantitative estimate of drug-likeness (QED) is 0.164. The van der Waals surface area contributed by atoms with Gasteiger partial charge in [0.2, 0.25) is 0 Å². The van der Waals surface area contributed by atoms with Crippen molar-refractivity contribution in [3.05, 3.63) is 83.9 Å². The second-order valence-electron chi connectivity index (χ2n) is 9.34. The van der Waals surface area contributed by atoms with Crippen molar-refractivity contribution in [2.24, 2.45) is 0 Å². The van der Waals surface area contributed by atoms with Crippen molar-refractivity contribution in [2.45, 2.75) is 25.7 Å². The maximum Gasteiger partial charge on any atom is 0.313 e. The second kappa shape index (κ2) is 13.1.